The van der Waals surface area contributed by atoms with Gasteiger partial charge in [0.15, 0.2) is 0 Å². The predicted molar refractivity (Wildman–Crippen MR) is 85.7 cm³/mol. The molecule has 2 heterocycles. The number of amides is 1. The third-order valence-electron chi connectivity index (χ3n) is 4.08. The van der Waals surface area contributed by atoms with Crippen molar-refractivity contribution >= 4 is 17.5 Å². The van der Waals surface area contributed by atoms with E-state index in [2.05, 4.69) is 20.4 Å². The minimum absolute atomic E-state index is 0.0603. The van der Waals surface area contributed by atoms with Crippen LogP contribution >= 0.6 is 11.6 Å². The van der Waals surface area contributed by atoms with E-state index in [0.717, 1.165) is 18.5 Å². The number of aromatic amines is 1. The second kappa shape index (κ2) is 6.16. The summed E-state index contributed by atoms with van der Waals surface area (Å²) in [5, 5.41) is 7.38. The Morgan fingerprint density at radius 3 is 2.91 bits per heavy atom. The predicted octanol–water partition coefficient (Wildman–Crippen LogP) is 1.62. The Labute approximate surface area is 138 Å². The van der Waals surface area contributed by atoms with Gasteiger partial charge in [0.25, 0.3) is 11.5 Å². The summed E-state index contributed by atoms with van der Waals surface area (Å²) >= 11 is 6.03. The molecule has 0 atom stereocenters. The van der Waals surface area contributed by atoms with Crippen molar-refractivity contribution in [1.29, 1.82) is 0 Å². The Morgan fingerprint density at radius 1 is 1.52 bits per heavy atom. The number of H-pyrrole nitrogens is 1. The van der Waals surface area contributed by atoms with Crippen LogP contribution in [0.2, 0.25) is 5.02 Å². The molecule has 1 aliphatic carbocycles. The Bertz CT molecular complexity index is 791. The summed E-state index contributed by atoms with van der Waals surface area (Å²) in [5.74, 6) is 0.597. The number of nitrogens with one attached hydrogen (secondary N) is 2. The molecule has 0 bridgehead atoms. The minimum Gasteiger partial charge on any atom is -0.348 e. The zero-order valence-corrected chi connectivity index (χ0v) is 13.7. The van der Waals surface area contributed by atoms with Crippen LogP contribution in [0.5, 0.6) is 0 Å². The van der Waals surface area contributed by atoms with Crippen LogP contribution in [-0.2, 0) is 6.54 Å². The molecule has 0 unspecified atom stereocenters. The highest BCUT2D eigenvalue weighted by atomic mass is 35.5. The number of halogens is 1. The maximum absolute atomic E-state index is 12.3. The fourth-order valence-electron chi connectivity index (χ4n) is 2.87. The van der Waals surface area contributed by atoms with Crippen molar-refractivity contribution in [1.82, 2.24) is 25.1 Å². The summed E-state index contributed by atoms with van der Waals surface area (Å²) in [6.45, 7) is 4.25. The van der Waals surface area contributed by atoms with Gasteiger partial charge in [0.2, 0.25) is 0 Å². The van der Waals surface area contributed by atoms with Crippen LogP contribution in [0.4, 0.5) is 0 Å². The molecular formula is C15H18ClN5O2. The topological polar surface area (TPSA) is 92.7 Å². The molecule has 2 N–H and O–H groups in total. The molecule has 1 fully saturated rings. The molecule has 0 aromatic carbocycles. The molecule has 8 heteroatoms. The highest BCUT2D eigenvalue weighted by molar-refractivity contribution is 6.33. The van der Waals surface area contributed by atoms with Gasteiger partial charge in [0.05, 0.1) is 16.9 Å². The first kappa shape index (κ1) is 15.7. The van der Waals surface area contributed by atoms with Crippen molar-refractivity contribution in [3.63, 3.8) is 0 Å². The number of carbonyl (C=O) groups excluding carboxylic acids is 1. The summed E-state index contributed by atoms with van der Waals surface area (Å²) in [4.78, 5) is 30.8. The van der Waals surface area contributed by atoms with Gasteiger partial charge in [-0.2, -0.15) is 5.10 Å². The van der Waals surface area contributed by atoms with Crippen molar-refractivity contribution in [3.8, 4) is 0 Å². The maximum atomic E-state index is 12.3. The van der Waals surface area contributed by atoms with E-state index < -0.39 is 0 Å². The average molecular weight is 336 g/mol. The molecule has 1 saturated carbocycles. The Hall–Kier alpha value is -2.15. The molecule has 122 valence electrons. The first-order valence-corrected chi connectivity index (χ1v) is 7.95. The van der Waals surface area contributed by atoms with Crippen LogP contribution in [-0.4, -0.2) is 31.7 Å². The molecule has 0 spiro atoms. The molecule has 0 saturated heterocycles. The first-order valence-electron chi connectivity index (χ1n) is 7.58. The van der Waals surface area contributed by atoms with Crippen molar-refractivity contribution in [3.05, 3.63) is 44.9 Å². The minimum atomic E-state index is -0.215. The number of aromatic nitrogens is 4. The monoisotopic (exact) mass is 335 g/mol. The van der Waals surface area contributed by atoms with Crippen molar-refractivity contribution in [2.45, 2.75) is 45.2 Å². The van der Waals surface area contributed by atoms with Gasteiger partial charge in [0.1, 0.15) is 11.5 Å². The largest absolute Gasteiger partial charge is 0.348 e. The summed E-state index contributed by atoms with van der Waals surface area (Å²) in [6.07, 6.45) is 3.01. The van der Waals surface area contributed by atoms with Crippen LogP contribution in [0.3, 0.4) is 0 Å². The summed E-state index contributed by atoms with van der Waals surface area (Å²) in [7, 11) is 0. The lowest BCUT2D eigenvalue weighted by atomic mass is 9.78. The standard InChI is InChI=1S/C15H18ClN5O2/c1-3-21-14(11(16)7-17-21)15(23)20-10-4-9(5-10)12-6-13(22)19-8(2)18-12/h6-7,9-10H,3-5H2,1-2H3,(H,20,23)(H,18,19,22). The van der Waals surface area contributed by atoms with Crippen molar-refractivity contribution < 1.29 is 4.79 Å². The number of aryl methyl sites for hydroxylation is 2. The highest BCUT2D eigenvalue weighted by Gasteiger charge is 2.33. The van der Waals surface area contributed by atoms with E-state index in [9.17, 15) is 9.59 Å². The highest BCUT2D eigenvalue weighted by Crippen LogP contribution is 2.35. The molecular weight excluding hydrogens is 318 g/mol. The smallest absolute Gasteiger partial charge is 0.271 e. The van der Waals surface area contributed by atoms with Crippen LogP contribution in [0, 0.1) is 6.92 Å². The van der Waals surface area contributed by atoms with Gasteiger partial charge in [-0.05, 0) is 26.7 Å². The van der Waals surface area contributed by atoms with Gasteiger partial charge in [-0.1, -0.05) is 11.6 Å². The van der Waals surface area contributed by atoms with E-state index in [-0.39, 0.29) is 23.4 Å². The quantitative estimate of drug-likeness (QED) is 0.888. The molecule has 23 heavy (non-hydrogen) atoms. The van der Waals surface area contributed by atoms with Gasteiger partial charge in [0, 0.05) is 24.6 Å². The van der Waals surface area contributed by atoms with Crippen LogP contribution < -0.4 is 10.9 Å². The van der Waals surface area contributed by atoms with E-state index in [1.165, 1.54) is 12.3 Å². The molecule has 2 aromatic rings. The van der Waals surface area contributed by atoms with E-state index in [4.69, 9.17) is 11.6 Å². The Balaban J connectivity index is 1.63. The second-order valence-corrected chi connectivity index (χ2v) is 6.16. The normalized spacial score (nSPS) is 20.1. The first-order chi connectivity index (χ1) is 11.0. The molecule has 1 aliphatic rings. The van der Waals surface area contributed by atoms with Crippen molar-refractivity contribution in [2.24, 2.45) is 0 Å². The number of hydrogen-bond donors (Lipinski definition) is 2. The number of nitrogens with zero attached hydrogens (tertiary/aromatic N) is 3. The van der Waals surface area contributed by atoms with Gasteiger partial charge in [-0.25, -0.2) is 4.98 Å². The average Bonchev–Trinajstić information content (AvgIpc) is 2.82. The second-order valence-electron chi connectivity index (χ2n) is 5.75. The molecule has 0 radical (unpaired) electrons. The van der Waals surface area contributed by atoms with E-state index in [1.54, 1.807) is 11.6 Å². The fourth-order valence-corrected chi connectivity index (χ4v) is 3.10. The number of carbonyl (C=O) groups is 1. The lowest BCUT2D eigenvalue weighted by molar-refractivity contribution is 0.0897. The lowest BCUT2D eigenvalue weighted by Crippen LogP contribution is -2.44. The summed E-state index contributed by atoms with van der Waals surface area (Å²) in [5.41, 5.74) is 1.04. The zero-order valence-electron chi connectivity index (χ0n) is 13.0. The van der Waals surface area contributed by atoms with Crippen LogP contribution in [0.15, 0.2) is 17.1 Å². The van der Waals surface area contributed by atoms with Gasteiger partial charge < -0.3 is 10.3 Å². The summed E-state index contributed by atoms with van der Waals surface area (Å²) in [6, 6.07) is 1.59. The third-order valence-corrected chi connectivity index (χ3v) is 4.36. The third kappa shape index (κ3) is 3.14. The maximum Gasteiger partial charge on any atom is 0.271 e. The Kier molecular flexibility index (Phi) is 4.21. The Morgan fingerprint density at radius 2 is 2.26 bits per heavy atom. The van der Waals surface area contributed by atoms with Gasteiger partial charge in [-0.15, -0.1) is 0 Å². The fraction of sp³-hybridized carbons (Fsp3) is 0.467. The molecule has 2 aromatic heterocycles. The van der Waals surface area contributed by atoms with Crippen LogP contribution in [0.1, 0.15) is 47.7 Å². The van der Waals surface area contributed by atoms with Gasteiger partial charge in [-0.3, -0.25) is 14.3 Å². The zero-order chi connectivity index (χ0) is 16.6. The van der Waals surface area contributed by atoms with E-state index >= 15 is 0 Å². The van der Waals surface area contributed by atoms with Crippen LogP contribution in [0.25, 0.3) is 0 Å². The van der Waals surface area contributed by atoms with E-state index in [0.29, 0.717) is 23.1 Å². The molecule has 3 rings (SSSR count). The summed E-state index contributed by atoms with van der Waals surface area (Å²) < 4.78 is 1.58. The van der Waals surface area contributed by atoms with Crippen molar-refractivity contribution in [2.75, 3.05) is 0 Å². The van der Waals surface area contributed by atoms with E-state index in [1.807, 2.05) is 6.92 Å². The number of rotatable bonds is 4. The SMILES string of the molecule is CCn1ncc(Cl)c1C(=O)NC1CC(c2cc(=O)[nH]c(C)n2)C1. The molecule has 7 nitrogen and oxygen atoms in total. The number of hydrogen-bond acceptors (Lipinski definition) is 4. The molecule has 1 amide bonds. The van der Waals surface area contributed by atoms with Gasteiger partial charge >= 0.3 is 0 Å². The molecule has 0 aliphatic heterocycles. The lowest BCUT2D eigenvalue weighted by Gasteiger charge is -2.35.